The van der Waals surface area contributed by atoms with Crippen LogP contribution in [-0.4, -0.2) is 57.0 Å². The fourth-order valence-corrected chi connectivity index (χ4v) is 2.54. The number of amides is 2. The summed E-state index contributed by atoms with van der Waals surface area (Å²) in [6, 6.07) is 6.47. The number of halogens is 1. The van der Waals surface area contributed by atoms with Crippen LogP contribution in [-0.2, 0) is 14.8 Å². The molecule has 0 aliphatic heterocycles. The van der Waals surface area contributed by atoms with Gasteiger partial charge in [-0.25, -0.2) is 8.42 Å². The first-order chi connectivity index (χ1) is 10.8. The Morgan fingerprint density at radius 3 is 2.46 bits per heavy atom. The summed E-state index contributed by atoms with van der Waals surface area (Å²) >= 11 is 0. The SMILES string of the molecule is CCS(=O)(=O)N(C)CC(=O)Nc1ccccc1C(=O)NCCN.Cl. The van der Waals surface area contributed by atoms with Gasteiger partial charge in [0, 0.05) is 20.1 Å². The smallest absolute Gasteiger partial charge is 0.253 e. The van der Waals surface area contributed by atoms with Gasteiger partial charge in [-0.3, -0.25) is 9.59 Å². The number of rotatable bonds is 8. The van der Waals surface area contributed by atoms with Crippen LogP contribution in [0, 0.1) is 0 Å². The quantitative estimate of drug-likeness (QED) is 0.588. The molecule has 0 aliphatic carbocycles. The van der Waals surface area contributed by atoms with E-state index in [1.165, 1.54) is 14.0 Å². The summed E-state index contributed by atoms with van der Waals surface area (Å²) in [7, 11) is -2.11. The maximum Gasteiger partial charge on any atom is 0.253 e. The van der Waals surface area contributed by atoms with Crippen molar-refractivity contribution in [2.24, 2.45) is 5.73 Å². The average Bonchev–Trinajstić information content (AvgIpc) is 2.52. The lowest BCUT2D eigenvalue weighted by atomic mass is 10.1. The molecule has 0 saturated heterocycles. The molecule has 0 bridgehead atoms. The Hall–Kier alpha value is -1.68. The van der Waals surface area contributed by atoms with Crippen molar-refractivity contribution in [1.29, 1.82) is 0 Å². The normalized spacial score (nSPS) is 10.8. The number of carbonyl (C=O) groups is 2. The highest BCUT2D eigenvalue weighted by molar-refractivity contribution is 7.89. The van der Waals surface area contributed by atoms with E-state index in [9.17, 15) is 18.0 Å². The van der Waals surface area contributed by atoms with Crippen LogP contribution in [0.3, 0.4) is 0 Å². The maximum absolute atomic E-state index is 12.0. The third-order valence-corrected chi connectivity index (χ3v) is 4.89. The number of likely N-dealkylation sites (N-methyl/N-ethyl adjacent to an activating group) is 1. The predicted molar refractivity (Wildman–Crippen MR) is 95.8 cm³/mol. The van der Waals surface area contributed by atoms with E-state index in [1.54, 1.807) is 24.3 Å². The van der Waals surface area contributed by atoms with Crippen LogP contribution in [0.1, 0.15) is 17.3 Å². The third-order valence-electron chi connectivity index (χ3n) is 3.08. The Bertz CT molecular complexity index is 666. The Kier molecular flexibility index (Phi) is 9.52. The Morgan fingerprint density at radius 1 is 1.25 bits per heavy atom. The van der Waals surface area contributed by atoms with Crippen LogP contribution in [0.15, 0.2) is 24.3 Å². The minimum absolute atomic E-state index is 0. The molecular weight excluding hydrogens is 356 g/mol. The van der Waals surface area contributed by atoms with Gasteiger partial charge in [0.2, 0.25) is 15.9 Å². The molecule has 10 heteroatoms. The zero-order valence-corrected chi connectivity index (χ0v) is 15.2. The second-order valence-electron chi connectivity index (χ2n) is 4.79. The number of carbonyl (C=O) groups excluding carboxylic acids is 2. The van der Waals surface area contributed by atoms with Gasteiger partial charge in [-0.15, -0.1) is 12.4 Å². The van der Waals surface area contributed by atoms with Crippen LogP contribution in [0.25, 0.3) is 0 Å². The van der Waals surface area contributed by atoms with E-state index in [2.05, 4.69) is 10.6 Å². The standard InChI is InChI=1S/C14H22N4O4S.ClH/c1-3-23(21,22)18(2)10-13(19)17-12-7-5-4-6-11(12)14(20)16-9-8-15;/h4-7H,3,8-10,15H2,1-2H3,(H,16,20)(H,17,19);1H. The molecule has 1 aromatic rings. The molecule has 0 aromatic heterocycles. The van der Waals surface area contributed by atoms with Crippen molar-refractivity contribution in [3.05, 3.63) is 29.8 Å². The second-order valence-corrected chi connectivity index (χ2v) is 7.16. The molecule has 4 N–H and O–H groups in total. The van der Waals surface area contributed by atoms with Gasteiger partial charge in [0.25, 0.3) is 5.91 Å². The number of nitrogens with one attached hydrogen (secondary N) is 2. The van der Waals surface area contributed by atoms with Gasteiger partial charge in [-0.05, 0) is 19.1 Å². The fourth-order valence-electron chi connectivity index (χ4n) is 1.78. The largest absolute Gasteiger partial charge is 0.351 e. The number of para-hydroxylation sites is 1. The summed E-state index contributed by atoms with van der Waals surface area (Å²) in [6.45, 7) is 1.80. The molecular formula is C14H23ClN4O4S. The molecule has 2 amide bonds. The molecule has 0 aliphatic rings. The van der Waals surface area contributed by atoms with Gasteiger partial charge in [-0.2, -0.15) is 4.31 Å². The first kappa shape index (κ1) is 22.3. The van der Waals surface area contributed by atoms with E-state index < -0.39 is 15.9 Å². The summed E-state index contributed by atoms with van der Waals surface area (Å²) in [5.41, 5.74) is 5.94. The zero-order valence-electron chi connectivity index (χ0n) is 13.6. The Labute approximate surface area is 148 Å². The molecule has 0 atom stereocenters. The molecule has 0 fully saturated rings. The number of hydrogen-bond acceptors (Lipinski definition) is 5. The molecule has 0 heterocycles. The number of nitrogens with two attached hydrogens (primary N) is 1. The van der Waals surface area contributed by atoms with E-state index in [1.807, 2.05) is 0 Å². The number of hydrogen-bond donors (Lipinski definition) is 3. The van der Waals surface area contributed by atoms with Crippen molar-refractivity contribution in [3.63, 3.8) is 0 Å². The van der Waals surface area contributed by atoms with Crippen LogP contribution >= 0.6 is 12.4 Å². The van der Waals surface area contributed by atoms with Gasteiger partial charge in [-0.1, -0.05) is 12.1 Å². The third kappa shape index (κ3) is 6.44. The minimum Gasteiger partial charge on any atom is -0.351 e. The van der Waals surface area contributed by atoms with Gasteiger partial charge < -0.3 is 16.4 Å². The molecule has 1 rings (SSSR count). The number of sulfonamides is 1. The lowest BCUT2D eigenvalue weighted by molar-refractivity contribution is -0.116. The molecule has 8 nitrogen and oxygen atoms in total. The molecule has 1 aromatic carbocycles. The Balaban J connectivity index is 0.00000529. The molecule has 0 radical (unpaired) electrons. The fraction of sp³-hybridized carbons (Fsp3) is 0.429. The molecule has 0 saturated carbocycles. The second kappa shape index (κ2) is 10.2. The average molecular weight is 379 g/mol. The van der Waals surface area contributed by atoms with Crippen molar-refractivity contribution < 1.29 is 18.0 Å². The van der Waals surface area contributed by atoms with Crippen molar-refractivity contribution in [1.82, 2.24) is 9.62 Å². The van der Waals surface area contributed by atoms with Gasteiger partial charge in [0.15, 0.2) is 0 Å². The van der Waals surface area contributed by atoms with Crippen molar-refractivity contribution in [3.8, 4) is 0 Å². The molecule has 136 valence electrons. The van der Waals surface area contributed by atoms with Crippen LogP contribution in [0.5, 0.6) is 0 Å². The molecule has 0 unspecified atom stereocenters. The van der Waals surface area contributed by atoms with Gasteiger partial charge >= 0.3 is 0 Å². The summed E-state index contributed by atoms with van der Waals surface area (Å²) in [5.74, 6) is -0.973. The zero-order chi connectivity index (χ0) is 17.5. The highest BCUT2D eigenvalue weighted by Gasteiger charge is 2.19. The van der Waals surface area contributed by atoms with Gasteiger partial charge in [0.1, 0.15) is 0 Å². The van der Waals surface area contributed by atoms with E-state index in [-0.39, 0.29) is 36.2 Å². The van der Waals surface area contributed by atoms with E-state index in [4.69, 9.17) is 5.73 Å². The first-order valence-corrected chi connectivity index (χ1v) is 8.74. The van der Waals surface area contributed by atoms with E-state index >= 15 is 0 Å². The van der Waals surface area contributed by atoms with Crippen molar-refractivity contribution in [2.75, 3.05) is 37.8 Å². The van der Waals surface area contributed by atoms with E-state index in [0.29, 0.717) is 18.8 Å². The van der Waals surface area contributed by atoms with Crippen LogP contribution in [0.4, 0.5) is 5.69 Å². The van der Waals surface area contributed by atoms with Crippen LogP contribution < -0.4 is 16.4 Å². The number of anilines is 1. The summed E-state index contributed by atoms with van der Waals surface area (Å²) in [4.78, 5) is 24.0. The summed E-state index contributed by atoms with van der Waals surface area (Å²) < 4.78 is 24.3. The monoisotopic (exact) mass is 378 g/mol. The highest BCUT2D eigenvalue weighted by Crippen LogP contribution is 2.15. The maximum atomic E-state index is 12.0. The lowest BCUT2D eigenvalue weighted by Gasteiger charge is -2.16. The van der Waals surface area contributed by atoms with Gasteiger partial charge in [0.05, 0.1) is 23.5 Å². The lowest BCUT2D eigenvalue weighted by Crippen LogP contribution is -2.36. The number of nitrogens with zero attached hydrogens (tertiary/aromatic N) is 1. The molecule has 0 spiro atoms. The number of benzene rings is 1. The minimum atomic E-state index is -3.44. The summed E-state index contributed by atoms with van der Waals surface area (Å²) in [5, 5.41) is 5.17. The van der Waals surface area contributed by atoms with E-state index in [0.717, 1.165) is 4.31 Å². The highest BCUT2D eigenvalue weighted by atomic mass is 35.5. The molecule has 24 heavy (non-hydrogen) atoms. The van der Waals surface area contributed by atoms with Crippen LogP contribution in [0.2, 0.25) is 0 Å². The first-order valence-electron chi connectivity index (χ1n) is 7.13. The predicted octanol–water partition coefficient (Wildman–Crippen LogP) is 0.0169. The summed E-state index contributed by atoms with van der Waals surface area (Å²) in [6.07, 6.45) is 0. The van der Waals surface area contributed by atoms with Crippen molar-refractivity contribution in [2.45, 2.75) is 6.92 Å². The Morgan fingerprint density at radius 2 is 1.88 bits per heavy atom. The topological polar surface area (TPSA) is 122 Å². The van der Waals surface area contributed by atoms with Crippen molar-refractivity contribution >= 4 is 39.9 Å².